The van der Waals surface area contributed by atoms with E-state index in [4.69, 9.17) is 0 Å². The lowest BCUT2D eigenvalue weighted by Crippen LogP contribution is -2.02. The zero-order chi connectivity index (χ0) is 10.7. The number of anilines is 1. The summed E-state index contributed by atoms with van der Waals surface area (Å²) in [6.07, 6.45) is 1.80. The molecule has 2 aromatic heterocycles. The van der Waals surface area contributed by atoms with Crippen LogP contribution in [0.5, 0.6) is 0 Å². The van der Waals surface area contributed by atoms with E-state index in [0.29, 0.717) is 0 Å². The number of rotatable bonds is 3. The molecule has 0 aliphatic rings. The van der Waals surface area contributed by atoms with E-state index >= 15 is 0 Å². The van der Waals surface area contributed by atoms with Gasteiger partial charge in [0, 0.05) is 11.1 Å². The minimum Gasteiger partial charge on any atom is -0.365 e. The predicted octanol–water partition coefficient (Wildman–Crippen LogP) is 2.77. The molecule has 0 saturated carbocycles. The third kappa shape index (κ3) is 2.33. The molecule has 0 fully saturated rings. The Bertz CT molecular complexity index is 451. The molecule has 2 aromatic rings. The molecular formula is C11H13N3S. The topological polar surface area (TPSA) is 37.8 Å². The first-order valence-corrected chi connectivity index (χ1v) is 5.70. The predicted molar refractivity (Wildman–Crippen MR) is 63.2 cm³/mol. The van der Waals surface area contributed by atoms with E-state index in [2.05, 4.69) is 28.3 Å². The Morgan fingerprint density at radius 1 is 1.33 bits per heavy atom. The molecule has 78 valence electrons. The van der Waals surface area contributed by atoms with Crippen LogP contribution in [-0.2, 0) is 6.54 Å². The highest BCUT2D eigenvalue weighted by Gasteiger charge is 2.02. The van der Waals surface area contributed by atoms with Crippen molar-refractivity contribution in [3.8, 4) is 0 Å². The smallest absolute Gasteiger partial charge is 0.129 e. The largest absolute Gasteiger partial charge is 0.365 e. The minimum atomic E-state index is 0.800. The Morgan fingerprint density at radius 2 is 2.20 bits per heavy atom. The van der Waals surface area contributed by atoms with Gasteiger partial charge in [0.05, 0.1) is 17.7 Å². The van der Waals surface area contributed by atoms with E-state index in [9.17, 15) is 0 Å². The van der Waals surface area contributed by atoms with E-state index in [-0.39, 0.29) is 0 Å². The number of thiazole rings is 1. The maximum atomic E-state index is 4.28. The van der Waals surface area contributed by atoms with Crippen LogP contribution in [-0.4, -0.2) is 9.97 Å². The molecule has 0 aliphatic carbocycles. The standard InChI is InChI=1S/C11H13N3S/c1-8-4-3-5-12-11(8)13-6-10-9(2)14-7-15-10/h3-5,7H,6H2,1-2H3,(H,12,13). The van der Waals surface area contributed by atoms with Crippen molar-refractivity contribution in [1.82, 2.24) is 9.97 Å². The first-order chi connectivity index (χ1) is 7.27. The molecule has 0 amide bonds. The van der Waals surface area contributed by atoms with Gasteiger partial charge < -0.3 is 5.32 Å². The Morgan fingerprint density at radius 3 is 2.87 bits per heavy atom. The Hall–Kier alpha value is -1.42. The van der Waals surface area contributed by atoms with Gasteiger partial charge in [0.15, 0.2) is 0 Å². The van der Waals surface area contributed by atoms with Crippen molar-refractivity contribution in [2.24, 2.45) is 0 Å². The summed E-state index contributed by atoms with van der Waals surface area (Å²) < 4.78 is 0. The van der Waals surface area contributed by atoms with Crippen LogP contribution in [0.25, 0.3) is 0 Å². The molecule has 4 heteroatoms. The van der Waals surface area contributed by atoms with Crippen LogP contribution in [0.3, 0.4) is 0 Å². The van der Waals surface area contributed by atoms with Crippen LogP contribution in [0.4, 0.5) is 5.82 Å². The van der Waals surface area contributed by atoms with Crippen molar-refractivity contribution >= 4 is 17.2 Å². The molecule has 15 heavy (non-hydrogen) atoms. The number of hydrogen-bond donors (Lipinski definition) is 1. The van der Waals surface area contributed by atoms with Crippen LogP contribution in [0.15, 0.2) is 23.8 Å². The third-order valence-corrected chi connectivity index (χ3v) is 3.21. The zero-order valence-electron chi connectivity index (χ0n) is 8.82. The molecule has 2 heterocycles. The monoisotopic (exact) mass is 219 g/mol. The van der Waals surface area contributed by atoms with Crippen LogP contribution in [0.1, 0.15) is 16.1 Å². The zero-order valence-corrected chi connectivity index (χ0v) is 9.64. The molecule has 3 nitrogen and oxygen atoms in total. The Kier molecular flexibility index (Phi) is 2.97. The lowest BCUT2D eigenvalue weighted by molar-refractivity contribution is 1.09. The fourth-order valence-corrected chi connectivity index (χ4v) is 2.05. The van der Waals surface area contributed by atoms with Crippen molar-refractivity contribution in [3.63, 3.8) is 0 Å². The van der Waals surface area contributed by atoms with E-state index in [1.807, 2.05) is 18.5 Å². The first-order valence-electron chi connectivity index (χ1n) is 4.82. The van der Waals surface area contributed by atoms with Crippen molar-refractivity contribution in [2.45, 2.75) is 20.4 Å². The third-order valence-electron chi connectivity index (χ3n) is 2.27. The quantitative estimate of drug-likeness (QED) is 0.862. The summed E-state index contributed by atoms with van der Waals surface area (Å²) in [4.78, 5) is 9.75. The van der Waals surface area contributed by atoms with Gasteiger partial charge in [-0.25, -0.2) is 9.97 Å². The second-order valence-electron chi connectivity index (χ2n) is 3.38. The number of nitrogens with zero attached hydrogens (tertiary/aromatic N) is 2. The lowest BCUT2D eigenvalue weighted by atomic mass is 10.3. The summed E-state index contributed by atoms with van der Waals surface area (Å²) >= 11 is 1.67. The summed E-state index contributed by atoms with van der Waals surface area (Å²) in [6, 6.07) is 3.99. The average molecular weight is 219 g/mol. The van der Waals surface area contributed by atoms with E-state index in [0.717, 1.165) is 18.1 Å². The molecule has 1 N–H and O–H groups in total. The second-order valence-corrected chi connectivity index (χ2v) is 4.32. The van der Waals surface area contributed by atoms with Gasteiger partial charge in [0.2, 0.25) is 0 Å². The van der Waals surface area contributed by atoms with Gasteiger partial charge in [-0.15, -0.1) is 11.3 Å². The Labute approximate surface area is 93.2 Å². The highest BCUT2D eigenvalue weighted by molar-refractivity contribution is 7.09. The van der Waals surface area contributed by atoms with Crippen LogP contribution < -0.4 is 5.32 Å². The van der Waals surface area contributed by atoms with E-state index in [1.165, 1.54) is 10.4 Å². The molecule has 0 saturated heterocycles. The summed E-state index contributed by atoms with van der Waals surface area (Å²) in [5.74, 6) is 0.949. The number of aryl methyl sites for hydroxylation is 2. The normalized spacial score (nSPS) is 10.3. The fraction of sp³-hybridized carbons (Fsp3) is 0.273. The van der Waals surface area contributed by atoms with Gasteiger partial charge in [-0.3, -0.25) is 0 Å². The highest BCUT2D eigenvalue weighted by Crippen LogP contribution is 2.15. The average Bonchev–Trinajstić information content (AvgIpc) is 2.63. The van der Waals surface area contributed by atoms with Crippen LogP contribution in [0.2, 0.25) is 0 Å². The van der Waals surface area contributed by atoms with Crippen LogP contribution in [0, 0.1) is 13.8 Å². The lowest BCUT2D eigenvalue weighted by Gasteiger charge is -2.06. The second kappa shape index (κ2) is 4.40. The maximum Gasteiger partial charge on any atom is 0.129 e. The molecule has 0 atom stereocenters. The number of hydrogen-bond acceptors (Lipinski definition) is 4. The van der Waals surface area contributed by atoms with Gasteiger partial charge in [0.1, 0.15) is 5.82 Å². The number of nitrogens with one attached hydrogen (secondary N) is 1. The Balaban J connectivity index is 2.06. The molecular weight excluding hydrogens is 206 g/mol. The van der Waals surface area contributed by atoms with Gasteiger partial charge in [-0.2, -0.15) is 0 Å². The molecule has 0 aromatic carbocycles. The molecule has 0 spiro atoms. The van der Waals surface area contributed by atoms with Crippen molar-refractivity contribution in [2.75, 3.05) is 5.32 Å². The van der Waals surface area contributed by atoms with Crippen molar-refractivity contribution in [1.29, 1.82) is 0 Å². The van der Waals surface area contributed by atoms with Gasteiger partial charge in [0.25, 0.3) is 0 Å². The first kappa shape index (κ1) is 10.1. The van der Waals surface area contributed by atoms with E-state index in [1.54, 1.807) is 17.5 Å². The van der Waals surface area contributed by atoms with Gasteiger partial charge >= 0.3 is 0 Å². The fourth-order valence-electron chi connectivity index (χ4n) is 1.33. The summed E-state index contributed by atoms with van der Waals surface area (Å²) in [7, 11) is 0. The maximum absolute atomic E-state index is 4.28. The number of aromatic nitrogens is 2. The summed E-state index contributed by atoms with van der Waals surface area (Å²) in [5, 5.41) is 3.32. The molecule has 0 aliphatic heterocycles. The number of pyridine rings is 1. The van der Waals surface area contributed by atoms with Gasteiger partial charge in [-0.05, 0) is 25.5 Å². The molecule has 2 rings (SSSR count). The molecule has 0 unspecified atom stereocenters. The minimum absolute atomic E-state index is 0.800. The SMILES string of the molecule is Cc1cccnc1NCc1scnc1C. The van der Waals surface area contributed by atoms with Gasteiger partial charge in [-0.1, -0.05) is 6.07 Å². The summed E-state index contributed by atoms with van der Waals surface area (Å²) in [5.41, 5.74) is 4.14. The van der Waals surface area contributed by atoms with Crippen LogP contribution >= 0.6 is 11.3 Å². The van der Waals surface area contributed by atoms with Crippen molar-refractivity contribution < 1.29 is 0 Å². The highest BCUT2D eigenvalue weighted by atomic mass is 32.1. The van der Waals surface area contributed by atoms with Crippen molar-refractivity contribution in [3.05, 3.63) is 40.0 Å². The summed E-state index contributed by atoms with van der Waals surface area (Å²) in [6.45, 7) is 4.88. The molecule has 0 radical (unpaired) electrons. The van der Waals surface area contributed by atoms with E-state index < -0.39 is 0 Å². The molecule has 0 bridgehead atoms.